The van der Waals surface area contributed by atoms with E-state index in [-0.39, 0.29) is 12.5 Å². The van der Waals surface area contributed by atoms with Gasteiger partial charge >= 0.3 is 0 Å². The minimum absolute atomic E-state index is 0.0912. The van der Waals surface area contributed by atoms with Crippen LogP contribution < -0.4 is 0 Å². The number of nitrogens with zero attached hydrogens (tertiary/aromatic N) is 6. The summed E-state index contributed by atoms with van der Waals surface area (Å²) in [6, 6.07) is 0. The Labute approximate surface area is 100 Å². The molecule has 0 saturated carbocycles. The molecule has 0 N–H and O–H groups in total. The molecule has 0 aromatic carbocycles. The largest absolute Gasteiger partial charge is 0.339 e. The van der Waals surface area contributed by atoms with Crippen LogP contribution in [0.3, 0.4) is 0 Å². The minimum Gasteiger partial charge on any atom is -0.339 e. The highest BCUT2D eigenvalue weighted by Crippen LogP contribution is 2.03. The number of aromatic nitrogens is 4. The summed E-state index contributed by atoms with van der Waals surface area (Å²) >= 11 is 0. The second-order valence-electron chi connectivity index (χ2n) is 4.23. The molecule has 17 heavy (non-hydrogen) atoms. The highest BCUT2D eigenvalue weighted by Gasteiger charge is 2.20. The number of amides is 1. The zero-order valence-corrected chi connectivity index (χ0v) is 10.1. The predicted octanol–water partition coefficient (Wildman–Crippen LogP) is -0.773. The van der Waals surface area contributed by atoms with Crippen LogP contribution in [0.2, 0.25) is 0 Å². The van der Waals surface area contributed by atoms with Gasteiger partial charge in [-0.1, -0.05) is 6.92 Å². The fourth-order valence-electron chi connectivity index (χ4n) is 2.03. The molecule has 2 rings (SSSR count). The molecular weight excluding hydrogens is 220 g/mol. The van der Waals surface area contributed by atoms with E-state index in [1.54, 1.807) is 0 Å². The fourth-order valence-corrected chi connectivity index (χ4v) is 2.03. The molecule has 7 nitrogen and oxygen atoms in total. The summed E-state index contributed by atoms with van der Waals surface area (Å²) in [4.78, 5) is 16.2. The molecule has 1 fully saturated rings. The number of carbonyl (C=O) groups is 1. The first kappa shape index (κ1) is 12.0. The summed E-state index contributed by atoms with van der Waals surface area (Å²) in [7, 11) is 0. The molecule has 0 spiro atoms. The van der Waals surface area contributed by atoms with E-state index in [1.165, 1.54) is 17.4 Å². The number of carbonyl (C=O) groups excluding carboxylic acids is 1. The van der Waals surface area contributed by atoms with Gasteiger partial charge in [0, 0.05) is 26.2 Å². The number of hydrogen-bond donors (Lipinski definition) is 0. The zero-order chi connectivity index (χ0) is 12.1. The Kier molecular flexibility index (Phi) is 4.03. The lowest BCUT2D eigenvalue weighted by atomic mass is 10.3. The van der Waals surface area contributed by atoms with Gasteiger partial charge in [-0.3, -0.25) is 9.69 Å². The van der Waals surface area contributed by atoms with Crippen LogP contribution in [0.5, 0.6) is 0 Å². The maximum absolute atomic E-state index is 11.9. The highest BCUT2D eigenvalue weighted by molar-refractivity contribution is 5.75. The van der Waals surface area contributed by atoms with Crippen molar-refractivity contribution in [3.8, 4) is 0 Å². The molecule has 0 bridgehead atoms. The smallest absolute Gasteiger partial charge is 0.244 e. The summed E-state index contributed by atoms with van der Waals surface area (Å²) in [6.45, 7) is 7.08. The van der Waals surface area contributed by atoms with Gasteiger partial charge in [0.1, 0.15) is 12.9 Å². The van der Waals surface area contributed by atoms with Crippen molar-refractivity contribution in [1.29, 1.82) is 0 Å². The van der Waals surface area contributed by atoms with E-state index in [4.69, 9.17) is 0 Å². The lowest BCUT2D eigenvalue weighted by molar-refractivity contribution is -0.133. The van der Waals surface area contributed by atoms with Crippen molar-refractivity contribution in [3.05, 3.63) is 6.33 Å². The van der Waals surface area contributed by atoms with Crippen LogP contribution in [0.25, 0.3) is 0 Å². The predicted molar refractivity (Wildman–Crippen MR) is 61.1 cm³/mol. The number of piperazine rings is 1. The lowest BCUT2D eigenvalue weighted by Gasteiger charge is -2.34. The van der Waals surface area contributed by atoms with Gasteiger partial charge in [-0.15, -0.1) is 5.10 Å². The zero-order valence-electron chi connectivity index (χ0n) is 10.1. The first-order valence-corrected chi connectivity index (χ1v) is 6.00. The third kappa shape index (κ3) is 3.23. The molecule has 1 aromatic rings. The molecule has 2 heterocycles. The maximum atomic E-state index is 11.9. The molecule has 1 saturated heterocycles. The van der Waals surface area contributed by atoms with Crippen LogP contribution >= 0.6 is 0 Å². The van der Waals surface area contributed by atoms with Crippen LogP contribution in [-0.2, 0) is 11.3 Å². The Bertz CT molecular complexity index is 344. The summed E-state index contributed by atoms with van der Waals surface area (Å²) in [5.41, 5.74) is 0. The van der Waals surface area contributed by atoms with E-state index >= 15 is 0 Å². The van der Waals surface area contributed by atoms with Gasteiger partial charge in [-0.05, 0) is 23.4 Å². The number of tetrazole rings is 1. The van der Waals surface area contributed by atoms with Gasteiger partial charge < -0.3 is 4.90 Å². The van der Waals surface area contributed by atoms with E-state index in [0.717, 1.165) is 32.7 Å². The summed E-state index contributed by atoms with van der Waals surface area (Å²) < 4.78 is 1.46. The number of hydrogen-bond acceptors (Lipinski definition) is 5. The summed E-state index contributed by atoms with van der Waals surface area (Å²) in [5.74, 6) is 0.0912. The van der Waals surface area contributed by atoms with E-state index in [0.29, 0.717) is 0 Å². The molecule has 1 aliphatic heterocycles. The monoisotopic (exact) mass is 238 g/mol. The molecule has 1 amide bonds. The highest BCUT2D eigenvalue weighted by atomic mass is 16.2. The molecule has 0 radical (unpaired) electrons. The van der Waals surface area contributed by atoms with E-state index in [9.17, 15) is 4.79 Å². The third-order valence-electron chi connectivity index (χ3n) is 2.95. The topological polar surface area (TPSA) is 67.2 Å². The van der Waals surface area contributed by atoms with Crippen molar-refractivity contribution in [2.45, 2.75) is 19.9 Å². The van der Waals surface area contributed by atoms with Crippen LogP contribution in [-0.4, -0.2) is 68.6 Å². The van der Waals surface area contributed by atoms with E-state index < -0.39 is 0 Å². The average Bonchev–Trinajstić information content (AvgIpc) is 2.83. The van der Waals surface area contributed by atoms with Crippen molar-refractivity contribution >= 4 is 5.91 Å². The fraction of sp³-hybridized carbons (Fsp3) is 0.800. The van der Waals surface area contributed by atoms with Crippen LogP contribution in [0.1, 0.15) is 13.3 Å². The maximum Gasteiger partial charge on any atom is 0.244 e. The Morgan fingerprint density at radius 1 is 1.29 bits per heavy atom. The van der Waals surface area contributed by atoms with E-state index in [2.05, 4.69) is 27.3 Å². The lowest BCUT2D eigenvalue weighted by Crippen LogP contribution is -2.49. The molecule has 94 valence electrons. The third-order valence-corrected chi connectivity index (χ3v) is 2.95. The molecular formula is C10H18N6O. The first-order chi connectivity index (χ1) is 8.29. The van der Waals surface area contributed by atoms with Crippen molar-refractivity contribution in [2.75, 3.05) is 32.7 Å². The quantitative estimate of drug-likeness (QED) is 0.689. The molecule has 1 aromatic heterocycles. The van der Waals surface area contributed by atoms with Gasteiger partial charge in [-0.25, -0.2) is 4.68 Å². The molecule has 0 atom stereocenters. The Morgan fingerprint density at radius 3 is 2.65 bits per heavy atom. The Morgan fingerprint density at radius 2 is 2.06 bits per heavy atom. The standard InChI is InChI=1S/C10H18N6O/c1-2-3-14-4-6-15(7-5-14)10(17)8-16-9-11-12-13-16/h9H,2-8H2,1H3. The van der Waals surface area contributed by atoms with Crippen molar-refractivity contribution in [3.63, 3.8) is 0 Å². The van der Waals surface area contributed by atoms with Crippen LogP contribution in [0.4, 0.5) is 0 Å². The number of rotatable bonds is 4. The Balaban J connectivity index is 1.78. The molecule has 0 unspecified atom stereocenters. The summed E-state index contributed by atoms with van der Waals surface area (Å²) in [5, 5.41) is 10.7. The average molecular weight is 238 g/mol. The normalized spacial score (nSPS) is 17.4. The summed E-state index contributed by atoms with van der Waals surface area (Å²) in [6.07, 6.45) is 2.63. The molecule has 7 heteroatoms. The molecule has 1 aliphatic rings. The Hall–Kier alpha value is -1.50. The second kappa shape index (κ2) is 5.72. The van der Waals surface area contributed by atoms with E-state index in [1.807, 2.05) is 4.90 Å². The van der Waals surface area contributed by atoms with Gasteiger partial charge in [0.05, 0.1) is 0 Å². The van der Waals surface area contributed by atoms with Crippen molar-refractivity contribution in [2.24, 2.45) is 0 Å². The second-order valence-corrected chi connectivity index (χ2v) is 4.23. The van der Waals surface area contributed by atoms with Gasteiger partial charge in [0.25, 0.3) is 0 Å². The van der Waals surface area contributed by atoms with Crippen LogP contribution in [0.15, 0.2) is 6.33 Å². The minimum atomic E-state index is 0.0912. The van der Waals surface area contributed by atoms with Gasteiger partial charge in [0.15, 0.2) is 0 Å². The molecule has 0 aliphatic carbocycles. The first-order valence-electron chi connectivity index (χ1n) is 6.00. The van der Waals surface area contributed by atoms with Gasteiger partial charge in [0.2, 0.25) is 5.91 Å². The van der Waals surface area contributed by atoms with Crippen molar-refractivity contribution in [1.82, 2.24) is 30.0 Å². The van der Waals surface area contributed by atoms with Gasteiger partial charge in [-0.2, -0.15) is 0 Å². The SMILES string of the molecule is CCCN1CCN(C(=O)Cn2cnnn2)CC1. The van der Waals surface area contributed by atoms with Crippen LogP contribution in [0, 0.1) is 0 Å². The van der Waals surface area contributed by atoms with Crippen molar-refractivity contribution < 1.29 is 4.79 Å².